The smallest absolute Gasteiger partial charge is 0.0113 e. The molecule has 2 bridgehead atoms. The summed E-state index contributed by atoms with van der Waals surface area (Å²) in [6.07, 6.45) is 5.57. The summed E-state index contributed by atoms with van der Waals surface area (Å²) in [5, 5.41) is 0. The third kappa shape index (κ3) is 2.70. The monoisotopic (exact) mass is 265 g/mol. The van der Waals surface area contributed by atoms with Crippen LogP contribution in [0.4, 0.5) is 0 Å². The van der Waals surface area contributed by atoms with Crippen molar-refractivity contribution < 1.29 is 0 Å². The summed E-state index contributed by atoms with van der Waals surface area (Å²) in [7, 11) is 0. The number of nitrogens with two attached hydrogens (primary N) is 1. The standard InChI is InChI=1S/C16H31N3/c1-3-12(2)19-8-6-18(7-9-19)11-15-13-4-5-14(10-13)16(15)17/h12-16H,3-11,17H2,1-2H3. The van der Waals surface area contributed by atoms with E-state index >= 15 is 0 Å². The van der Waals surface area contributed by atoms with Crippen molar-refractivity contribution in [2.24, 2.45) is 23.5 Å². The molecule has 0 amide bonds. The second-order valence-electron chi connectivity index (χ2n) is 7.17. The minimum atomic E-state index is 0.506. The van der Waals surface area contributed by atoms with Crippen molar-refractivity contribution in [3.05, 3.63) is 0 Å². The zero-order valence-corrected chi connectivity index (χ0v) is 12.7. The highest BCUT2D eigenvalue weighted by Crippen LogP contribution is 2.47. The molecule has 3 nitrogen and oxygen atoms in total. The summed E-state index contributed by atoms with van der Waals surface area (Å²) in [4.78, 5) is 5.33. The molecule has 0 aromatic rings. The highest BCUT2D eigenvalue weighted by molar-refractivity contribution is 5.00. The van der Waals surface area contributed by atoms with E-state index in [0.717, 1.165) is 23.8 Å². The predicted molar refractivity (Wildman–Crippen MR) is 80.1 cm³/mol. The zero-order chi connectivity index (χ0) is 13.4. The molecule has 2 aliphatic carbocycles. The zero-order valence-electron chi connectivity index (χ0n) is 12.7. The molecule has 3 fully saturated rings. The van der Waals surface area contributed by atoms with Gasteiger partial charge < -0.3 is 10.6 Å². The molecular weight excluding hydrogens is 234 g/mol. The quantitative estimate of drug-likeness (QED) is 0.841. The third-order valence-corrected chi connectivity index (χ3v) is 6.25. The molecule has 0 radical (unpaired) electrons. The molecule has 0 aromatic carbocycles. The lowest BCUT2D eigenvalue weighted by Crippen LogP contribution is -2.52. The van der Waals surface area contributed by atoms with Crippen LogP contribution in [-0.2, 0) is 0 Å². The Kier molecular flexibility index (Phi) is 4.16. The summed E-state index contributed by atoms with van der Waals surface area (Å²) in [6, 6.07) is 1.26. The van der Waals surface area contributed by atoms with Crippen molar-refractivity contribution in [1.82, 2.24) is 9.80 Å². The van der Waals surface area contributed by atoms with Crippen LogP contribution in [0, 0.1) is 17.8 Å². The molecule has 1 aliphatic heterocycles. The van der Waals surface area contributed by atoms with Gasteiger partial charge in [0.05, 0.1) is 0 Å². The fourth-order valence-electron chi connectivity index (χ4n) is 4.67. The van der Waals surface area contributed by atoms with Crippen molar-refractivity contribution in [1.29, 1.82) is 0 Å². The summed E-state index contributed by atoms with van der Waals surface area (Å²) < 4.78 is 0. The van der Waals surface area contributed by atoms with Crippen LogP contribution in [0.25, 0.3) is 0 Å². The second kappa shape index (κ2) is 5.71. The van der Waals surface area contributed by atoms with Gasteiger partial charge >= 0.3 is 0 Å². The Morgan fingerprint density at radius 2 is 1.79 bits per heavy atom. The highest BCUT2D eigenvalue weighted by Gasteiger charge is 2.46. The molecule has 19 heavy (non-hydrogen) atoms. The van der Waals surface area contributed by atoms with Crippen LogP contribution >= 0.6 is 0 Å². The van der Waals surface area contributed by atoms with E-state index < -0.39 is 0 Å². The lowest BCUT2D eigenvalue weighted by molar-refractivity contribution is 0.0784. The number of fused-ring (bicyclic) bond motifs is 2. The highest BCUT2D eigenvalue weighted by atomic mass is 15.3. The van der Waals surface area contributed by atoms with Gasteiger partial charge in [-0.1, -0.05) is 6.92 Å². The second-order valence-corrected chi connectivity index (χ2v) is 7.17. The fourth-order valence-corrected chi connectivity index (χ4v) is 4.67. The summed E-state index contributed by atoms with van der Waals surface area (Å²) in [5.41, 5.74) is 6.44. The van der Waals surface area contributed by atoms with Crippen LogP contribution < -0.4 is 5.73 Å². The van der Waals surface area contributed by atoms with Crippen LogP contribution in [0.15, 0.2) is 0 Å². The van der Waals surface area contributed by atoms with E-state index in [4.69, 9.17) is 5.73 Å². The maximum Gasteiger partial charge on any atom is 0.0113 e. The van der Waals surface area contributed by atoms with Gasteiger partial charge in [-0.05, 0) is 50.4 Å². The maximum atomic E-state index is 6.44. The number of hydrogen-bond acceptors (Lipinski definition) is 3. The number of nitrogens with zero attached hydrogens (tertiary/aromatic N) is 2. The van der Waals surface area contributed by atoms with Gasteiger partial charge in [0.1, 0.15) is 0 Å². The Hall–Kier alpha value is -0.120. The SMILES string of the molecule is CCC(C)N1CCN(CC2C3CCC(C3)C2N)CC1. The number of rotatable bonds is 4. The van der Waals surface area contributed by atoms with Crippen LogP contribution in [0.3, 0.4) is 0 Å². The first-order chi connectivity index (χ1) is 9.19. The molecule has 5 atom stereocenters. The Morgan fingerprint density at radius 1 is 1.11 bits per heavy atom. The molecule has 0 spiro atoms. The van der Waals surface area contributed by atoms with Gasteiger partial charge in [-0.3, -0.25) is 4.90 Å². The molecule has 2 saturated carbocycles. The average molecular weight is 265 g/mol. The molecule has 3 heteroatoms. The van der Waals surface area contributed by atoms with Crippen molar-refractivity contribution in [3.8, 4) is 0 Å². The van der Waals surface area contributed by atoms with E-state index in [-0.39, 0.29) is 0 Å². The first kappa shape index (κ1) is 13.8. The third-order valence-electron chi connectivity index (χ3n) is 6.25. The van der Waals surface area contributed by atoms with E-state index in [1.807, 2.05) is 0 Å². The Bertz CT molecular complexity index is 296. The van der Waals surface area contributed by atoms with Gasteiger partial charge in [0.15, 0.2) is 0 Å². The normalized spacial score (nSPS) is 41.8. The van der Waals surface area contributed by atoms with Crippen molar-refractivity contribution >= 4 is 0 Å². The topological polar surface area (TPSA) is 32.5 Å². The van der Waals surface area contributed by atoms with Crippen molar-refractivity contribution in [2.75, 3.05) is 32.7 Å². The molecule has 1 heterocycles. The number of piperazine rings is 1. The van der Waals surface area contributed by atoms with Gasteiger partial charge in [-0.15, -0.1) is 0 Å². The molecular formula is C16H31N3. The molecule has 0 aromatic heterocycles. The lowest BCUT2D eigenvalue weighted by Gasteiger charge is -2.40. The van der Waals surface area contributed by atoms with Crippen LogP contribution in [0.5, 0.6) is 0 Å². The van der Waals surface area contributed by atoms with Gasteiger partial charge in [0.25, 0.3) is 0 Å². The van der Waals surface area contributed by atoms with Gasteiger partial charge in [-0.25, -0.2) is 0 Å². The van der Waals surface area contributed by atoms with Gasteiger partial charge in [-0.2, -0.15) is 0 Å². The minimum Gasteiger partial charge on any atom is -0.327 e. The van der Waals surface area contributed by atoms with Crippen LogP contribution in [0.2, 0.25) is 0 Å². The van der Waals surface area contributed by atoms with E-state index in [1.54, 1.807) is 0 Å². The molecule has 3 aliphatic rings. The van der Waals surface area contributed by atoms with Crippen LogP contribution in [0.1, 0.15) is 39.5 Å². The van der Waals surface area contributed by atoms with Crippen molar-refractivity contribution in [2.45, 2.75) is 51.6 Å². The number of hydrogen-bond donors (Lipinski definition) is 1. The predicted octanol–water partition coefficient (Wildman–Crippen LogP) is 1.78. The molecule has 110 valence electrons. The van der Waals surface area contributed by atoms with Gasteiger partial charge in [0, 0.05) is 44.8 Å². The van der Waals surface area contributed by atoms with E-state index in [9.17, 15) is 0 Å². The minimum absolute atomic E-state index is 0.506. The van der Waals surface area contributed by atoms with Crippen molar-refractivity contribution in [3.63, 3.8) is 0 Å². The Balaban J connectivity index is 1.48. The Morgan fingerprint density at radius 3 is 2.37 bits per heavy atom. The van der Waals surface area contributed by atoms with E-state index in [1.165, 1.54) is 58.4 Å². The molecule has 1 saturated heterocycles. The Labute approximate surface area is 118 Å². The molecule has 3 rings (SSSR count). The van der Waals surface area contributed by atoms with E-state index in [0.29, 0.717) is 6.04 Å². The lowest BCUT2D eigenvalue weighted by atomic mass is 9.84. The summed E-state index contributed by atoms with van der Waals surface area (Å²) >= 11 is 0. The maximum absolute atomic E-state index is 6.44. The largest absolute Gasteiger partial charge is 0.327 e. The first-order valence-corrected chi connectivity index (χ1v) is 8.41. The molecule has 5 unspecified atom stereocenters. The summed E-state index contributed by atoms with van der Waals surface area (Å²) in [6.45, 7) is 11.0. The first-order valence-electron chi connectivity index (χ1n) is 8.41. The average Bonchev–Trinajstić information content (AvgIpc) is 3.02. The van der Waals surface area contributed by atoms with E-state index in [2.05, 4.69) is 23.6 Å². The van der Waals surface area contributed by atoms with Gasteiger partial charge in [0.2, 0.25) is 0 Å². The fraction of sp³-hybridized carbons (Fsp3) is 1.00. The van der Waals surface area contributed by atoms with Crippen LogP contribution in [-0.4, -0.2) is 54.6 Å². The summed E-state index contributed by atoms with van der Waals surface area (Å²) in [5.74, 6) is 2.61. The molecule has 2 N–H and O–H groups in total.